The molecule has 2 unspecified atom stereocenters. The monoisotopic (exact) mass is 246 g/mol. The average molecular weight is 247 g/mol. The third-order valence-corrected chi connectivity index (χ3v) is 6.12. The lowest BCUT2D eigenvalue weighted by molar-refractivity contribution is 0.732. The SMILES string of the molecule is ClCC12SC1Cc1cccc3cccc2c13. The smallest absolute Gasteiger partial charge is 0.0674 e. The molecule has 0 amide bonds. The number of rotatable bonds is 1. The molecule has 1 aliphatic heterocycles. The van der Waals surface area contributed by atoms with Crippen molar-refractivity contribution >= 4 is 34.1 Å². The lowest BCUT2D eigenvalue weighted by Gasteiger charge is -2.22. The zero-order chi connectivity index (χ0) is 10.8. The van der Waals surface area contributed by atoms with Gasteiger partial charge in [-0.05, 0) is 28.3 Å². The molecule has 1 aliphatic carbocycles. The first kappa shape index (κ1) is 9.38. The number of halogens is 1. The molecule has 4 rings (SSSR count). The zero-order valence-electron chi connectivity index (χ0n) is 8.74. The molecule has 0 spiro atoms. The molecule has 1 fully saturated rings. The molecule has 1 saturated heterocycles. The van der Waals surface area contributed by atoms with E-state index in [4.69, 9.17) is 11.6 Å². The summed E-state index contributed by atoms with van der Waals surface area (Å²) in [4.78, 5) is 0. The number of benzene rings is 2. The Balaban J connectivity index is 2.14. The minimum Gasteiger partial charge on any atom is -0.142 e. The third-order valence-electron chi connectivity index (χ3n) is 3.87. The molecule has 2 aliphatic rings. The Hall–Kier alpha value is -0.660. The van der Waals surface area contributed by atoms with Gasteiger partial charge in [0.05, 0.1) is 4.75 Å². The van der Waals surface area contributed by atoms with Crippen LogP contribution in [0.2, 0.25) is 0 Å². The van der Waals surface area contributed by atoms with Crippen LogP contribution in [0.15, 0.2) is 36.4 Å². The number of fused-ring (bicyclic) bond motifs is 2. The number of hydrogen-bond acceptors (Lipinski definition) is 1. The van der Waals surface area contributed by atoms with E-state index in [1.165, 1.54) is 28.3 Å². The van der Waals surface area contributed by atoms with E-state index in [1.54, 1.807) is 0 Å². The quantitative estimate of drug-likeness (QED) is 0.543. The van der Waals surface area contributed by atoms with Crippen LogP contribution in [0, 0.1) is 0 Å². The van der Waals surface area contributed by atoms with Crippen molar-refractivity contribution in [3.63, 3.8) is 0 Å². The molecule has 0 aromatic heterocycles. The molecule has 0 saturated carbocycles. The second-order valence-electron chi connectivity index (χ2n) is 4.65. The van der Waals surface area contributed by atoms with E-state index in [9.17, 15) is 0 Å². The summed E-state index contributed by atoms with van der Waals surface area (Å²) < 4.78 is 0.232. The average Bonchev–Trinajstić information content (AvgIpc) is 3.05. The van der Waals surface area contributed by atoms with Gasteiger partial charge in [-0.3, -0.25) is 0 Å². The summed E-state index contributed by atoms with van der Waals surface area (Å²) in [5.41, 5.74) is 2.97. The van der Waals surface area contributed by atoms with Crippen LogP contribution >= 0.6 is 23.4 Å². The van der Waals surface area contributed by atoms with Gasteiger partial charge in [0.25, 0.3) is 0 Å². The van der Waals surface area contributed by atoms with Crippen molar-refractivity contribution in [3.8, 4) is 0 Å². The fourth-order valence-electron chi connectivity index (χ4n) is 2.99. The normalized spacial score (nSPS) is 30.2. The van der Waals surface area contributed by atoms with Crippen molar-refractivity contribution in [1.29, 1.82) is 0 Å². The first-order valence-corrected chi connectivity index (χ1v) is 7.01. The molecule has 0 N–H and O–H groups in total. The zero-order valence-corrected chi connectivity index (χ0v) is 10.3. The van der Waals surface area contributed by atoms with Gasteiger partial charge in [-0.1, -0.05) is 36.4 Å². The molecule has 0 bridgehead atoms. The van der Waals surface area contributed by atoms with Crippen LogP contribution in [-0.2, 0) is 11.2 Å². The van der Waals surface area contributed by atoms with E-state index in [0.717, 1.165) is 5.88 Å². The fourth-order valence-corrected chi connectivity index (χ4v) is 4.96. The number of alkyl halides is 1. The topological polar surface area (TPSA) is 0 Å². The Morgan fingerprint density at radius 1 is 1.25 bits per heavy atom. The molecule has 16 heavy (non-hydrogen) atoms. The molecule has 2 atom stereocenters. The summed E-state index contributed by atoms with van der Waals surface area (Å²) in [7, 11) is 0. The molecule has 80 valence electrons. The Labute approximate surface area is 104 Å². The highest BCUT2D eigenvalue weighted by atomic mass is 35.5. The Kier molecular flexibility index (Phi) is 1.74. The number of thioether (sulfide) groups is 1. The largest absolute Gasteiger partial charge is 0.142 e. The van der Waals surface area contributed by atoms with Crippen molar-refractivity contribution in [2.45, 2.75) is 16.4 Å². The van der Waals surface area contributed by atoms with Crippen molar-refractivity contribution in [1.82, 2.24) is 0 Å². The van der Waals surface area contributed by atoms with Gasteiger partial charge in [0.2, 0.25) is 0 Å². The van der Waals surface area contributed by atoms with Gasteiger partial charge < -0.3 is 0 Å². The summed E-state index contributed by atoms with van der Waals surface area (Å²) in [6.07, 6.45) is 1.19. The predicted molar refractivity (Wildman–Crippen MR) is 71.4 cm³/mol. The van der Waals surface area contributed by atoms with Crippen LogP contribution in [0.5, 0.6) is 0 Å². The summed E-state index contributed by atoms with van der Waals surface area (Å²) in [5.74, 6) is 0.746. The van der Waals surface area contributed by atoms with Gasteiger partial charge in [-0.25, -0.2) is 0 Å². The highest BCUT2D eigenvalue weighted by molar-refractivity contribution is 8.08. The lowest BCUT2D eigenvalue weighted by Crippen LogP contribution is -2.20. The van der Waals surface area contributed by atoms with Crippen LogP contribution in [0.25, 0.3) is 10.8 Å². The van der Waals surface area contributed by atoms with Crippen molar-refractivity contribution in [2.75, 3.05) is 5.88 Å². The van der Waals surface area contributed by atoms with E-state index in [1.807, 2.05) is 11.8 Å². The van der Waals surface area contributed by atoms with E-state index in [2.05, 4.69) is 36.4 Å². The van der Waals surface area contributed by atoms with Gasteiger partial charge in [0, 0.05) is 11.1 Å². The van der Waals surface area contributed by atoms with Crippen molar-refractivity contribution in [3.05, 3.63) is 47.5 Å². The summed E-state index contributed by atoms with van der Waals surface area (Å²) >= 11 is 8.24. The van der Waals surface area contributed by atoms with Crippen LogP contribution in [0.3, 0.4) is 0 Å². The minimum absolute atomic E-state index is 0.232. The van der Waals surface area contributed by atoms with Gasteiger partial charge in [-0.15, -0.1) is 23.4 Å². The molecular formula is C14H11ClS. The van der Waals surface area contributed by atoms with Crippen LogP contribution in [0.1, 0.15) is 11.1 Å². The number of hydrogen-bond donors (Lipinski definition) is 0. The molecule has 0 radical (unpaired) electrons. The molecule has 1 heterocycles. The first-order chi connectivity index (χ1) is 7.85. The van der Waals surface area contributed by atoms with Gasteiger partial charge in [0.15, 0.2) is 0 Å². The third kappa shape index (κ3) is 0.988. The maximum atomic E-state index is 6.19. The lowest BCUT2D eigenvalue weighted by atomic mass is 9.82. The second-order valence-corrected chi connectivity index (χ2v) is 6.46. The maximum absolute atomic E-state index is 6.19. The molecule has 2 heteroatoms. The minimum atomic E-state index is 0.232. The Morgan fingerprint density at radius 2 is 2.06 bits per heavy atom. The van der Waals surface area contributed by atoms with Gasteiger partial charge >= 0.3 is 0 Å². The van der Waals surface area contributed by atoms with Crippen LogP contribution in [-0.4, -0.2) is 11.1 Å². The van der Waals surface area contributed by atoms with Crippen LogP contribution in [0.4, 0.5) is 0 Å². The molecular weight excluding hydrogens is 236 g/mol. The summed E-state index contributed by atoms with van der Waals surface area (Å²) in [6, 6.07) is 13.3. The Bertz CT molecular complexity index is 587. The summed E-state index contributed by atoms with van der Waals surface area (Å²) in [5, 5.41) is 3.54. The summed E-state index contributed by atoms with van der Waals surface area (Å²) in [6.45, 7) is 0. The second kappa shape index (κ2) is 2.96. The highest BCUT2D eigenvalue weighted by Gasteiger charge is 2.58. The van der Waals surface area contributed by atoms with Crippen LogP contribution < -0.4 is 0 Å². The highest BCUT2D eigenvalue weighted by Crippen LogP contribution is 2.66. The Morgan fingerprint density at radius 3 is 2.88 bits per heavy atom. The van der Waals surface area contributed by atoms with Crippen molar-refractivity contribution < 1.29 is 0 Å². The molecule has 2 aromatic carbocycles. The van der Waals surface area contributed by atoms with Gasteiger partial charge in [-0.2, -0.15) is 0 Å². The van der Waals surface area contributed by atoms with Crippen molar-refractivity contribution in [2.24, 2.45) is 0 Å². The van der Waals surface area contributed by atoms with Gasteiger partial charge in [0.1, 0.15) is 0 Å². The van der Waals surface area contributed by atoms with E-state index in [0.29, 0.717) is 5.25 Å². The van der Waals surface area contributed by atoms with E-state index >= 15 is 0 Å². The first-order valence-electron chi connectivity index (χ1n) is 5.60. The predicted octanol–water partition coefficient (Wildman–Crippen LogP) is 3.95. The molecule has 0 nitrogen and oxygen atoms in total. The van der Waals surface area contributed by atoms with E-state index in [-0.39, 0.29) is 4.75 Å². The maximum Gasteiger partial charge on any atom is 0.0674 e. The fraction of sp³-hybridized carbons (Fsp3) is 0.286. The standard InChI is InChI=1S/C14H11ClS/c15-8-14-11-6-2-4-9-3-1-5-10(13(9)11)7-12(14)16-14/h1-6,12H,7-8H2. The molecule has 2 aromatic rings. The van der Waals surface area contributed by atoms with E-state index < -0.39 is 0 Å².